The molecule has 2 nitrogen and oxygen atoms in total. The molecule has 254 valence electrons. The summed E-state index contributed by atoms with van der Waals surface area (Å²) in [5.74, 6) is 0. The van der Waals surface area contributed by atoms with E-state index >= 15 is 0 Å². The molecule has 0 N–H and O–H groups in total. The molecule has 0 aliphatic carbocycles. The summed E-state index contributed by atoms with van der Waals surface area (Å²) in [6.07, 6.45) is 30.7. The zero-order valence-electron chi connectivity index (χ0n) is 30.7. The summed E-state index contributed by atoms with van der Waals surface area (Å²) in [4.78, 5) is 0. The number of unbranched alkanes of at least 4 members (excludes halogenated alkanes) is 13. The Balaban J connectivity index is 1.93. The van der Waals surface area contributed by atoms with Crippen molar-refractivity contribution >= 4 is 11.4 Å². The van der Waals surface area contributed by atoms with Gasteiger partial charge in [0.15, 0.2) is 0 Å². The van der Waals surface area contributed by atoms with Crippen LogP contribution in [0.5, 0.6) is 0 Å². The third-order valence-corrected chi connectivity index (χ3v) is 9.81. The fourth-order valence-electron chi connectivity index (χ4n) is 6.99. The molecule has 0 radical (unpaired) electrons. The largest absolute Gasteiger partial charge is 0.493 e. The van der Waals surface area contributed by atoms with Crippen LogP contribution in [0.3, 0.4) is 0 Å². The molecule has 0 spiro atoms. The molecule has 0 atom stereocenters. The molecular formula is C44H68N2. The van der Waals surface area contributed by atoms with Gasteiger partial charge >= 0.3 is 0 Å². The highest BCUT2D eigenvalue weighted by atomic mass is 15.2. The van der Waals surface area contributed by atoms with Gasteiger partial charge < -0.3 is 5.53 Å². The van der Waals surface area contributed by atoms with Crippen LogP contribution in [0.2, 0.25) is 0 Å². The van der Waals surface area contributed by atoms with Crippen LogP contribution in [0.4, 0.5) is 0 Å². The molecule has 46 heavy (non-hydrogen) atoms. The number of allylic oxidation sites excluding steroid dienone is 2. The molecule has 1 aliphatic rings. The predicted molar refractivity (Wildman–Crippen MR) is 202 cm³/mol. The minimum Gasteiger partial charge on any atom is -0.493 e. The number of hydrogen-bond acceptors (Lipinski definition) is 0. The van der Waals surface area contributed by atoms with Crippen molar-refractivity contribution in [3.05, 3.63) is 87.0 Å². The third-order valence-electron chi connectivity index (χ3n) is 9.81. The first kappa shape index (κ1) is 38.0. The van der Waals surface area contributed by atoms with Crippen molar-refractivity contribution in [2.45, 2.75) is 182 Å². The number of nitrogens with zero attached hydrogens (tertiary/aromatic N) is 2. The molecule has 0 unspecified atom stereocenters. The van der Waals surface area contributed by atoms with Gasteiger partial charge in [0.25, 0.3) is 0 Å². The van der Waals surface area contributed by atoms with Crippen LogP contribution < -0.4 is 0 Å². The Hall–Kier alpha value is -2.48. The van der Waals surface area contributed by atoms with Crippen LogP contribution in [0.25, 0.3) is 16.9 Å². The lowest BCUT2D eigenvalue weighted by Gasteiger charge is -2.15. The van der Waals surface area contributed by atoms with E-state index in [1.807, 2.05) is 0 Å². The second-order valence-electron chi connectivity index (χ2n) is 14.1. The first-order valence-corrected chi connectivity index (χ1v) is 19.7. The number of rotatable bonds is 25. The number of benzene rings is 2. The van der Waals surface area contributed by atoms with E-state index in [4.69, 9.17) is 0 Å². The van der Waals surface area contributed by atoms with Crippen molar-refractivity contribution in [2.24, 2.45) is 0 Å². The fraction of sp³-hybridized carbons (Fsp3) is 0.636. The van der Waals surface area contributed by atoms with Crippen molar-refractivity contribution in [3.63, 3.8) is 0 Å². The monoisotopic (exact) mass is 625 g/mol. The summed E-state index contributed by atoms with van der Waals surface area (Å²) in [6.45, 7) is 11.4. The maximum atomic E-state index is 12.0. The van der Waals surface area contributed by atoms with Gasteiger partial charge in [-0.1, -0.05) is 130 Å². The number of aryl methyl sites for hydroxylation is 4. The minimum absolute atomic E-state index is 0.955. The SMILES string of the molecule is CCCCCCCCc1cc(CCCCCCCC)cc(C2=C(CCCC)C=C(c3cc(CCCC)cc(CCCC)c3)[N+]2=[N-])c1. The van der Waals surface area contributed by atoms with Gasteiger partial charge in [-0.3, -0.25) is 0 Å². The molecule has 0 fully saturated rings. The van der Waals surface area contributed by atoms with Gasteiger partial charge in [-0.05, 0) is 111 Å². The average Bonchev–Trinajstić information content (AvgIpc) is 3.40. The van der Waals surface area contributed by atoms with E-state index in [1.54, 1.807) is 4.70 Å². The Kier molecular flexibility index (Phi) is 18.3. The first-order valence-electron chi connectivity index (χ1n) is 19.7. The zero-order chi connectivity index (χ0) is 33.0. The average molecular weight is 625 g/mol. The van der Waals surface area contributed by atoms with Crippen LogP contribution in [-0.2, 0) is 25.7 Å². The van der Waals surface area contributed by atoms with Gasteiger partial charge in [0.2, 0.25) is 11.4 Å². The van der Waals surface area contributed by atoms with Gasteiger partial charge in [0, 0.05) is 22.8 Å². The molecule has 2 aromatic carbocycles. The lowest BCUT2D eigenvalue weighted by molar-refractivity contribution is -0.344. The van der Waals surface area contributed by atoms with E-state index in [0.717, 1.165) is 56.3 Å². The normalized spacial score (nSPS) is 13.2. The molecule has 3 rings (SSSR count). The molecule has 0 bridgehead atoms. The van der Waals surface area contributed by atoms with Gasteiger partial charge in [0.05, 0.1) is 0 Å². The zero-order valence-corrected chi connectivity index (χ0v) is 30.7. The molecule has 1 aliphatic heterocycles. The Morgan fingerprint density at radius 2 is 0.783 bits per heavy atom. The van der Waals surface area contributed by atoms with Gasteiger partial charge in [-0.15, -0.1) is 0 Å². The van der Waals surface area contributed by atoms with Crippen molar-refractivity contribution in [3.8, 4) is 0 Å². The second kappa shape index (κ2) is 22.2. The second-order valence-corrected chi connectivity index (χ2v) is 14.1. The van der Waals surface area contributed by atoms with Crippen molar-refractivity contribution < 1.29 is 4.70 Å². The summed E-state index contributed by atoms with van der Waals surface area (Å²) in [6, 6.07) is 14.4. The van der Waals surface area contributed by atoms with Crippen molar-refractivity contribution in [1.29, 1.82) is 0 Å². The highest BCUT2D eigenvalue weighted by molar-refractivity contribution is 5.79. The number of hydrogen-bond donors (Lipinski definition) is 0. The van der Waals surface area contributed by atoms with E-state index < -0.39 is 0 Å². The van der Waals surface area contributed by atoms with Gasteiger partial charge in [-0.25, -0.2) is 4.70 Å². The molecule has 0 saturated heterocycles. The molecule has 1 heterocycles. The highest BCUT2D eigenvalue weighted by Gasteiger charge is 2.29. The van der Waals surface area contributed by atoms with E-state index in [9.17, 15) is 5.53 Å². The summed E-state index contributed by atoms with van der Waals surface area (Å²) < 4.78 is 1.56. The molecule has 2 aromatic rings. The Bertz CT molecular complexity index is 1190. The maximum Gasteiger partial charge on any atom is 0.210 e. The van der Waals surface area contributed by atoms with Crippen LogP contribution in [0.15, 0.2) is 48.0 Å². The Labute approximate surface area is 284 Å². The lowest BCUT2D eigenvalue weighted by atomic mass is 9.94. The van der Waals surface area contributed by atoms with Crippen LogP contribution in [0, 0.1) is 0 Å². The van der Waals surface area contributed by atoms with Crippen LogP contribution in [-0.4, -0.2) is 4.70 Å². The van der Waals surface area contributed by atoms with Gasteiger partial charge in [0.1, 0.15) is 0 Å². The molecule has 0 amide bonds. The van der Waals surface area contributed by atoms with E-state index in [2.05, 4.69) is 77.1 Å². The smallest absolute Gasteiger partial charge is 0.210 e. The molecule has 0 aromatic heterocycles. The quantitative estimate of drug-likeness (QED) is 0.0776. The molecular weight excluding hydrogens is 556 g/mol. The van der Waals surface area contributed by atoms with Crippen molar-refractivity contribution in [2.75, 3.05) is 0 Å². The van der Waals surface area contributed by atoms with E-state index in [-0.39, 0.29) is 0 Å². The molecule has 0 saturated carbocycles. The summed E-state index contributed by atoms with van der Waals surface area (Å²) in [5, 5.41) is 0. The first-order chi connectivity index (χ1) is 22.5. The van der Waals surface area contributed by atoms with Crippen molar-refractivity contribution in [1.82, 2.24) is 0 Å². The minimum atomic E-state index is 0.955. The Morgan fingerprint density at radius 1 is 0.413 bits per heavy atom. The van der Waals surface area contributed by atoms with Crippen LogP contribution >= 0.6 is 0 Å². The standard InChI is InChI=1S/C44H68N2/c1-6-11-16-18-20-22-26-38-30-39(27-23-21-19-17-12-7-2)34-42(33-38)44-40(28-15-10-5)35-43(46(44)45)41-31-36(24-13-8-3)29-37(32-41)25-14-9-4/h29-35H,6-28H2,1-5H3. The van der Waals surface area contributed by atoms with E-state index in [1.165, 1.54) is 142 Å². The Morgan fingerprint density at radius 3 is 1.24 bits per heavy atom. The predicted octanol–water partition coefficient (Wildman–Crippen LogP) is 14.2. The summed E-state index contributed by atoms with van der Waals surface area (Å²) in [5.41, 5.74) is 23.4. The van der Waals surface area contributed by atoms with Crippen LogP contribution in [0.1, 0.15) is 190 Å². The lowest BCUT2D eigenvalue weighted by Crippen LogP contribution is -2.05. The molecule has 2 heteroatoms. The van der Waals surface area contributed by atoms with Gasteiger partial charge in [-0.2, -0.15) is 0 Å². The summed E-state index contributed by atoms with van der Waals surface area (Å²) in [7, 11) is 0. The topological polar surface area (TPSA) is 25.3 Å². The maximum absolute atomic E-state index is 12.0. The summed E-state index contributed by atoms with van der Waals surface area (Å²) >= 11 is 0. The van der Waals surface area contributed by atoms with E-state index in [0.29, 0.717) is 0 Å². The highest BCUT2D eigenvalue weighted by Crippen LogP contribution is 2.39. The fourth-order valence-corrected chi connectivity index (χ4v) is 6.99. The third kappa shape index (κ3) is 12.6.